The molecular formula is C25H34N8O5. The minimum absolute atomic E-state index is 0.0244. The molecule has 204 valence electrons. The number of aromatic nitrogens is 2. The molecule has 2 aromatic heterocycles. The lowest BCUT2D eigenvalue weighted by molar-refractivity contribution is -0.142. The number of carbonyl (C=O) groups is 3. The SMILES string of the molecule is CC(=O)OCC(C)N(N)/C(=N\N)c1cccc(NC(=O)c2cc3c(cn2)CCN(C(=O)OC(C)(C)C)C3)n1. The number of hydrogen-bond acceptors (Lipinski definition) is 10. The summed E-state index contributed by atoms with van der Waals surface area (Å²) < 4.78 is 10.5. The van der Waals surface area contributed by atoms with Gasteiger partial charge in [0.15, 0.2) is 5.84 Å². The lowest BCUT2D eigenvalue weighted by atomic mass is 10.0. The number of hydrogen-bond donors (Lipinski definition) is 3. The highest BCUT2D eigenvalue weighted by atomic mass is 16.6. The number of nitrogens with zero attached hydrogens (tertiary/aromatic N) is 5. The topological polar surface area (TPSA) is 178 Å². The number of fused-ring (bicyclic) bond motifs is 1. The van der Waals surface area contributed by atoms with Crippen molar-refractivity contribution >= 4 is 29.6 Å². The Hall–Kier alpha value is -4.26. The third kappa shape index (κ3) is 7.38. The maximum atomic E-state index is 13.0. The van der Waals surface area contributed by atoms with E-state index in [4.69, 9.17) is 21.2 Å². The summed E-state index contributed by atoms with van der Waals surface area (Å²) in [5.74, 6) is 11.1. The second-order valence-corrected chi connectivity index (χ2v) is 9.86. The molecule has 13 heteroatoms. The number of hydrazine groups is 1. The Morgan fingerprint density at radius 2 is 1.97 bits per heavy atom. The van der Waals surface area contributed by atoms with Crippen LogP contribution in [-0.2, 0) is 27.2 Å². The van der Waals surface area contributed by atoms with Crippen molar-refractivity contribution in [2.75, 3.05) is 18.5 Å². The van der Waals surface area contributed by atoms with E-state index in [-0.39, 0.29) is 24.0 Å². The van der Waals surface area contributed by atoms with E-state index in [2.05, 4.69) is 20.4 Å². The summed E-state index contributed by atoms with van der Waals surface area (Å²) in [6, 6.07) is 6.10. The van der Waals surface area contributed by atoms with Gasteiger partial charge in [0.25, 0.3) is 5.91 Å². The molecular weight excluding hydrogens is 492 g/mol. The highest BCUT2D eigenvalue weighted by Crippen LogP contribution is 2.22. The average Bonchev–Trinajstić information content (AvgIpc) is 2.86. The van der Waals surface area contributed by atoms with Crippen molar-refractivity contribution in [2.45, 2.75) is 59.2 Å². The standard InChI is InChI=1S/C25H34N8O5/c1-15(14-37-16(2)34)33(27)22(31-26)19-7-6-8-21(29-19)30-23(35)20-11-18-13-32(10-9-17(18)12-28-20)24(36)38-25(3,4)5/h6-8,11-12,15H,9-10,13-14,26-27H2,1-5H3,(H,29,30,35)/b31-22-. The molecule has 0 saturated heterocycles. The van der Waals surface area contributed by atoms with Crippen LogP contribution in [0.25, 0.3) is 0 Å². The van der Waals surface area contributed by atoms with Crippen LogP contribution in [0, 0.1) is 0 Å². The third-order valence-corrected chi connectivity index (χ3v) is 5.57. The van der Waals surface area contributed by atoms with E-state index in [1.165, 1.54) is 11.9 Å². The monoisotopic (exact) mass is 526 g/mol. The normalized spacial score (nSPS) is 14.3. The van der Waals surface area contributed by atoms with Gasteiger partial charge in [0.2, 0.25) is 0 Å². The minimum atomic E-state index is -0.599. The van der Waals surface area contributed by atoms with Crippen LogP contribution in [0.1, 0.15) is 61.9 Å². The zero-order chi connectivity index (χ0) is 28.0. The zero-order valence-electron chi connectivity index (χ0n) is 22.2. The molecule has 2 amide bonds. The highest BCUT2D eigenvalue weighted by molar-refractivity contribution is 6.03. The van der Waals surface area contributed by atoms with Gasteiger partial charge in [0.05, 0.1) is 6.04 Å². The smallest absolute Gasteiger partial charge is 0.410 e. The largest absolute Gasteiger partial charge is 0.464 e. The van der Waals surface area contributed by atoms with Crippen LogP contribution < -0.4 is 17.0 Å². The van der Waals surface area contributed by atoms with Crippen LogP contribution in [0.15, 0.2) is 35.6 Å². The fourth-order valence-corrected chi connectivity index (χ4v) is 3.65. The van der Waals surface area contributed by atoms with Crippen molar-refractivity contribution in [1.29, 1.82) is 0 Å². The van der Waals surface area contributed by atoms with Crippen molar-refractivity contribution in [3.05, 3.63) is 53.0 Å². The van der Waals surface area contributed by atoms with Crippen molar-refractivity contribution < 1.29 is 23.9 Å². The fourth-order valence-electron chi connectivity index (χ4n) is 3.65. The first-order valence-corrected chi connectivity index (χ1v) is 12.1. The number of carbonyl (C=O) groups excluding carboxylic acids is 3. The molecule has 0 saturated carbocycles. The molecule has 1 aliphatic rings. The third-order valence-electron chi connectivity index (χ3n) is 5.57. The van der Waals surface area contributed by atoms with Gasteiger partial charge in [-0.25, -0.2) is 15.6 Å². The van der Waals surface area contributed by atoms with Gasteiger partial charge in [-0.3, -0.25) is 19.6 Å². The second kappa shape index (κ2) is 11.9. The Bertz CT molecular complexity index is 1230. The number of amidine groups is 1. The van der Waals surface area contributed by atoms with Gasteiger partial charge in [-0.05, 0) is 63.4 Å². The number of rotatable bonds is 6. The molecule has 38 heavy (non-hydrogen) atoms. The van der Waals surface area contributed by atoms with Gasteiger partial charge in [0.1, 0.15) is 29.4 Å². The predicted octanol–water partition coefficient (Wildman–Crippen LogP) is 1.77. The Kier molecular flexibility index (Phi) is 8.84. The summed E-state index contributed by atoms with van der Waals surface area (Å²) in [4.78, 5) is 46.9. The molecule has 3 rings (SSSR count). The average molecular weight is 527 g/mol. The van der Waals surface area contributed by atoms with Crippen molar-refractivity contribution in [3.63, 3.8) is 0 Å². The van der Waals surface area contributed by atoms with Gasteiger partial charge >= 0.3 is 12.1 Å². The number of hydrazone groups is 1. The number of nitrogens with one attached hydrogen (secondary N) is 1. The first-order chi connectivity index (χ1) is 17.9. The molecule has 0 fully saturated rings. The van der Waals surface area contributed by atoms with Crippen molar-refractivity contribution in [2.24, 2.45) is 16.8 Å². The van der Waals surface area contributed by atoms with Crippen molar-refractivity contribution in [3.8, 4) is 0 Å². The fraction of sp³-hybridized carbons (Fsp3) is 0.440. The van der Waals surface area contributed by atoms with Crippen LogP contribution in [-0.4, -0.2) is 68.5 Å². The molecule has 1 unspecified atom stereocenters. The van der Waals surface area contributed by atoms with Crippen LogP contribution in [0.5, 0.6) is 0 Å². The summed E-state index contributed by atoms with van der Waals surface area (Å²) in [7, 11) is 0. The summed E-state index contributed by atoms with van der Waals surface area (Å²) in [6.45, 7) is 9.32. The molecule has 3 heterocycles. The first-order valence-electron chi connectivity index (χ1n) is 12.1. The Balaban J connectivity index is 1.72. The van der Waals surface area contributed by atoms with Crippen LogP contribution in [0.2, 0.25) is 0 Å². The summed E-state index contributed by atoms with van der Waals surface area (Å²) in [5, 5.41) is 7.67. The molecule has 13 nitrogen and oxygen atoms in total. The Morgan fingerprint density at radius 3 is 2.63 bits per heavy atom. The minimum Gasteiger partial charge on any atom is -0.464 e. The first kappa shape index (κ1) is 28.3. The second-order valence-electron chi connectivity index (χ2n) is 9.86. The van der Waals surface area contributed by atoms with E-state index < -0.39 is 29.6 Å². The van der Waals surface area contributed by atoms with Gasteiger partial charge in [-0.1, -0.05) is 6.07 Å². The number of nitrogens with two attached hydrogens (primary N) is 2. The van der Waals surface area contributed by atoms with Gasteiger partial charge in [-0.2, -0.15) is 5.10 Å². The number of ether oxygens (including phenoxy) is 2. The Labute approximate surface area is 221 Å². The number of anilines is 1. The molecule has 5 N–H and O–H groups in total. The lowest BCUT2D eigenvalue weighted by Crippen LogP contribution is -2.47. The zero-order valence-corrected chi connectivity index (χ0v) is 22.2. The molecule has 1 atom stereocenters. The van der Waals surface area contributed by atoms with Gasteiger partial charge in [0, 0.05) is 26.2 Å². The van der Waals surface area contributed by atoms with Crippen LogP contribution in [0.4, 0.5) is 10.6 Å². The number of esters is 1. The molecule has 0 spiro atoms. The number of pyridine rings is 2. The van der Waals surface area contributed by atoms with E-state index in [1.54, 1.807) is 42.3 Å². The van der Waals surface area contributed by atoms with Gasteiger partial charge < -0.3 is 25.5 Å². The predicted molar refractivity (Wildman–Crippen MR) is 140 cm³/mol. The number of amides is 2. The summed E-state index contributed by atoms with van der Waals surface area (Å²) >= 11 is 0. The van der Waals surface area contributed by atoms with E-state index in [9.17, 15) is 14.4 Å². The quantitative estimate of drug-likeness (QED) is 0.165. The highest BCUT2D eigenvalue weighted by Gasteiger charge is 2.27. The van der Waals surface area contributed by atoms with E-state index >= 15 is 0 Å². The molecule has 0 bridgehead atoms. The summed E-state index contributed by atoms with van der Waals surface area (Å²) in [6.07, 6.45) is 1.86. The molecule has 2 aromatic rings. The maximum absolute atomic E-state index is 13.0. The van der Waals surface area contributed by atoms with Crippen LogP contribution in [0.3, 0.4) is 0 Å². The maximum Gasteiger partial charge on any atom is 0.410 e. The van der Waals surface area contributed by atoms with E-state index in [0.717, 1.165) is 11.1 Å². The van der Waals surface area contributed by atoms with Crippen molar-refractivity contribution in [1.82, 2.24) is 19.9 Å². The summed E-state index contributed by atoms with van der Waals surface area (Å²) in [5.41, 5.74) is 1.66. The van der Waals surface area contributed by atoms with E-state index in [0.29, 0.717) is 25.2 Å². The molecule has 0 aromatic carbocycles. The lowest BCUT2D eigenvalue weighted by Gasteiger charge is -2.31. The molecule has 1 aliphatic heterocycles. The van der Waals surface area contributed by atoms with E-state index in [1.807, 2.05) is 20.8 Å². The molecule has 0 aliphatic carbocycles. The Morgan fingerprint density at radius 1 is 1.24 bits per heavy atom. The molecule has 0 radical (unpaired) electrons. The van der Waals surface area contributed by atoms with Crippen LogP contribution >= 0.6 is 0 Å². The van der Waals surface area contributed by atoms with Gasteiger partial charge in [-0.15, -0.1) is 0 Å².